The van der Waals surface area contributed by atoms with Crippen LogP contribution in [0, 0.1) is 5.82 Å². The molecule has 1 rings (SSSR count). The lowest BCUT2D eigenvalue weighted by Gasteiger charge is -2.07. The number of ether oxygens (including phenoxy) is 1. The maximum absolute atomic E-state index is 13.2. The third kappa shape index (κ3) is 2.94. The number of anilines is 1. The fourth-order valence-corrected chi connectivity index (χ4v) is 1.19. The van der Waals surface area contributed by atoms with Gasteiger partial charge in [0.05, 0.1) is 17.9 Å². The molecule has 0 heterocycles. The van der Waals surface area contributed by atoms with Crippen LogP contribution in [0.2, 0.25) is 0 Å². The molecule has 0 radical (unpaired) electrons. The molecule has 0 amide bonds. The van der Waals surface area contributed by atoms with Crippen molar-refractivity contribution in [2.75, 3.05) is 18.5 Å². The summed E-state index contributed by atoms with van der Waals surface area (Å²) in [6, 6.07) is 4.12. The van der Waals surface area contributed by atoms with Crippen LogP contribution in [0.5, 0.6) is 0 Å². The summed E-state index contributed by atoms with van der Waals surface area (Å²) in [7, 11) is 0. The second-order valence-corrected chi connectivity index (χ2v) is 2.95. The standard InChI is InChI=1S/C11H14FNO2/c1-3-13-10-7-8(5-6-9(10)12)11(14)15-4-2/h5-7,13H,3-4H2,1-2H3. The second-order valence-electron chi connectivity index (χ2n) is 2.95. The van der Waals surface area contributed by atoms with Crippen molar-refractivity contribution in [2.45, 2.75) is 13.8 Å². The SMILES string of the molecule is CCNc1cc(C(=O)OCC)ccc1F. The summed E-state index contributed by atoms with van der Waals surface area (Å²) in [4.78, 5) is 11.3. The summed E-state index contributed by atoms with van der Waals surface area (Å²) < 4.78 is 18.0. The zero-order valence-electron chi connectivity index (χ0n) is 8.84. The number of esters is 1. The first kappa shape index (κ1) is 11.5. The number of carbonyl (C=O) groups excluding carboxylic acids is 1. The highest BCUT2D eigenvalue weighted by Crippen LogP contribution is 2.16. The van der Waals surface area contributed by atoms with E-state index in [9.17, 15) is 9.18 Å². The van der Waals surface area contributed by atoms with E-state index >= 15 is 0 Å². The van der Waals surface area contributed by atoms with Crippen molar-refractivity contribution in [3.63, 3.8) is 0 Å². The summed E-state index contributed by atoms with van der Waals surface area (Å²) in [6.45, 7) is 4.50. The second kappa shape index (κ2) is 5.34. The summed E-state index contributed by atoms with van der Waals surface area (Å²) >= 11 is 0. The molecule has 0 bridgehead atoms. The molecular weight excluding hydrogens is 197 g/mol. The van der Waals surface area contributed by atoms with E-state index in [4.69, 9.17) is 4.74 Å². The lowest BCUT2D eigenvalue weighted by Crippen LogP contribution is -2.07. The van der Waals surface area contributed by atoms with Gasteiger partial charge in [0.15, 0.2) is 0 Å². The van der Waals surface area contributed by atoms with Gasteiger partial charge in [-0.3, -0.25) is 0 Å². The average molecular weight is 211 g/mol. The van der Waals surface area contributed by atoms with Crippen molar-refractivity contribution in [1.82, 2.24) is 0 Å². The van der Waals surface area contributed by atoms with Crippen molar-refractivity contribution < 1.29 is 13.9 Å². The van der Waals surface area contributed by atoms with E-state index in [0.29, 0.717) is 24.4 Å². The largest absolute Gasteiger partial charge is 0.462 e. The van der Waals surface area contributed by atoms with Gasteiger partial charge in [-0.05, 0) is 32.0 Å². The van der Waals surface area contributed by atoms with Crippen LogP contribution in [0.15, 0.2) is 18.2 Å². The molecule has 0 atom stereocenters. The maximum Gasteiger partial charge on any atom is 0.338 e. The first-order valence-corrected chi connectivity index (χ1v) is 4.89. The molecule has 0 saturated carbocycles. The molecule has 4 heteroatoms. The Hall–Kier alpha value is -1.58. The zero-order valence-corrected chi connectivity index (χ0v) is 8.84. The summed E-state index contributed by atoms with van der Waals surface area (Å²) in [6.07, 6.45) is 0. The highest BCUT2D eigenvalue weighted by molar-refractivity contribution is 5.90. The molecule has 15 heavy (non-hydrogen) atoms. The van der Waals surface area contributed by atoms with Gasteiger partial charge in [0.25, 0.3) is 0 Å². The molecule has 0 aliphatic rings. The summed E-state index contributed by atoms with van der Waals surface area (Å²) in [5, 5.41) is 2.83. The minimum absolute atomic E-state index is 0.312. The molecule has 0 spiro atoms. The predicted molar refractivity (Wildman–Crippen MR) is 56.5 cm³/mol. The van der Waals surface area contributed by atoms with Crippen molar-refractivity contribution >= 4 is 11.7 Å². The molecule has 3 nitrogen and oxygen atoms in total. The van der Waals surface area contributed by atoms with Crippen molar-refractivity contribution in [2.24, 2.45) is 0 Å². The van der Waals surface area contributed by atoms with Crippen molar-refractivity contribution in [1.29, 1.82) is 0 Å². The monoisotopic (exact) mass is 211 g/mol. The van der Waals surface area contributed by atoms with E-state index in [1.54, 1.807) is 6.92 Å². The van der Waals surface area contributed by atoms with E-state index in [1.807, 2.05) is 6.92 Å². The quantitative estimate of drug-likeness (QED) is 0.777. The Labute approximate surface area is 88.2 Å². The third-order valence-electron chi connectivity index (χ3n) is 1.84. The van der Waals surface area contributed by atoms with Crippen LogP contribution in [0.1, 0.15) is 24.2 Å². The number of halogens is 1. The number of hydrogen-bond donors (Lipinski definition) is 1. The first-order chi connectivity index (χ1) is 7.19. The number of nitrogens with one attached hydrogen (secondary N) is 1. The van der Waals surface area contributed by atoms with Gasteiger partial charge in [0, 0.05) is 6.54 Å². The van der Waals surface area contributed by atoms with Gasteiger partial charge >= 0.3 is 5.97 Å². The van der Waals surface area contributed by atoms with Crippen LogP contribution in [-0.2, 0) is 4.74 Å². The molecule has 0 unspecified atom stereocenters. The first-order valence-electron chi connectivity index (χ1n) is 4.89. The van der Waals surface area contributed by atoms with E-state index < -0.39 is 5.97 Å². The lowest BCUT2D eigenvalue weighted by atomic mass is 10.2. The minimum atomic E-state index is -0.434. The van der Waals surface area contributed by atoms with Gasteiger partial charge in [0.1, 0.15) is 5.82 Å². The Bertz CT molecular complexity index is 352. The molecule has 0 saturated heterocycles. The highest BCUT2D eigenvalue weighted by Gasteiger charge is 2.09. The van der Waals surface area contributed by atoms with Crippen LogP contribution >= 0.6 is 0 Å². The molecule has 1 N–H and O–H groups in total. The number of hydrogen-bond acceptors (Lipinski definition) is 3. The molecule has 0 aliphatic carbocycles. The van der Waals surface area contributed by atoms with Gasteiger partial charge in [-0.2, -0.15) is 0 Å². The fourth-order valence-electron chi connectivity index (χ4n) is 1.19. The van der Waals surface area contributed by atoms with Crippen LogP contribution < -0.4 is 5.32 Å². The summed E-state index contributed by atoms with van der Waals surface area (Å²) in [5.74, 6) is -0.804. The number of carbonyl (C=O) groups is 1. The smallest absolute Gasteiger partial charge is 0.338 e. The molecule has 82 valence electrons. The molecular formula is C11H14FNO2. The molecule has 0 aliphatic heterocycles. The average Bonchev–Trinajstić information content (AvgIpc) is 2.22. The Morgan fingerprint density at radius 3 is 2.80 bits per heavy atom. The minimum Gasteiger partial charge on any atom is -0.462 e. The van der Waals surface area contributed by atoms with E-state index in [0.717, 1.165) is 0 Å². The Kier molecular flexibility index (Phi) is 4.09. The Morgan fingerprint density at radius 2 is 2.20 bits per heavy atom. The van der Waals surface area contributed by atoms with Gasteiger partial charge < -0.3 is 10.1 Å². The van der Waals surface area contributed by atoms with Gasteiger partial charge in [-0.1, -0.05) is 0 Å². The molecule has 1 aromatic carbocycles. The van der Waals surface area contributed by atoms with E-state index in [1.165, 1.54) is 18.2 Å². The third-order valence-corrected chi connectivity index (χ3v) is 1.84. The zero-order chi connectivity index (χ0) is 11.3. The highest BCUT2D eigenvalue weighted by atomic mass is 19.1. The van der Waals surface area contributed by atoms with Crippen molar-refractivity contribution in [3.8, 4) is 0 Å². The van der Waals surface area contributed by atoms with Crippen LogP contribution in [0.3, 0.4) is 0 Å². The Balaban J connectivity index is 2.91. The van der Waals surface area contributed by atoms with E-state index in [2.05, 4.69) is 5.32 Å². The number of benzene rings is 1. The molecule has 0 fully saturated rings. The molecule has 1 aromatic rings. The van der Waals surface area contributed by atoms with Crippen LogP contribution in [0.4, 0.5) is 10.1 Å². The Morgan fingerprint density at radius 1 is 1.47 bits per heavy atom. The van der Waals surface area contributed by atoms with Gasteiger partial charge in [-0.15, -0.1) is 0 Å². The fraction of sp³-hybridized carbons (Fsp3) is 0.364. The molecule has 0 aromatic heterocycles. The van der Waals surface area contributed by atoms with Crippen molar-refractivity contribution in [3.05, 3.63) is 29.6 Å². The van der Waals surface area contributed by atoms with Crippen LogP contribution in [0.25, 0.3) is 0 Å². The van der Waals surface area contributed by atoms with Gasteiger partial charge in [0.2, 0.25) is 0 Å². The summed E-state index contributed by atoms with van der Waals surface area (Å²) in [5.41, 5.74) is 0.678. The normalized spacial score (nSPS) is 9.80. The maximum atomic E-state index is 13.2. The number of rotatable bonds is 4. The van der Waals surface area contributed by atoms with Crippen LogP contribution in [-0.4, -0.2) is 19.1 Å². The topological polar surface area (TPSA) is 38.3 Å². The van der Waals surface area contributed by atoms with Gasteiger partial charge in [-0.25, -0.2) is 9.18 Å². The van der Waals surface area contributed by atoms with E-state index in [-0.39, 0.29) is 5.82 Å². The lowest BCUT2D eigenvalue weighted by molar-refractivity contribution is 0.0526. The predicted octanol–water partition coefficient (Wildman–Crippen LogP) is 2.43.